The van der Waals surface area contributed by atoms with Crippen LogP contribution >= 0.6 is 11.8 Å². The number of benzene rings is 3. The van der Waals surface area contributed by atoms with E-state index >= 15 is 0 Å². The Kier molecular flexibility index (Phi) is 8.47. The molecule has 1 atom stereocenters. The van der Waals surface area contributed by atoms with Crippen molar-refractivity contribution in [1.82, 2.24) is 15.1 Å². The topological polar surface area (TPSA) is 85.7 Å². The van der Waals surface area contributed by atoms with Crippen molar-refractivity contribution >= 4 is 29.4 Å². The normalized spacial score (nSPS) is 14.9. The Hall–Kier alpha value is -4.15. The highest BCUT2D eigenvalue weighted by molar-refractivity contribution is 8.00. The first-order valence-corrected chi connectivity index (χ1v) is 13.8. The number of hydrogen-bond acceptors (Lipinski definition) is 6. The van der Waals surface area contributed by atoms with Crippen LogP contribution in [0.5, 0.6) is 5.75 Å². The number of thioether (sulfide) groups is 1. The minimum absolute atomic E-state index is 0.0953. The molecule has 1 aliphatic heterocycles. The summed E-state index contributed by atoms with van der Waals surface area (Å²) >= 11 is 1.39. The Morgan fingerprint density at radius 2 is 1.85 bits per heavy atom. The Balaban J connectivity index is 1.74. The van der Waals surface area contributed by atoms with Crippen molar-refractivity contribution in [3.63, 3.8) is 0 Å². The summed E-state index contributed by atoms with van der Waals surface area (Å²) in [7, 11) is 3.14. The van der Waals surface area contributed by atoms with Gasteiger partial charge in [-0.15, -0.1) is 11.8 Å². The van der Waals surface area contributed by atoms with Crippen molar-refractivity contribution in [3.05, 3.63) is 95.8 Å². The largest absolute Gasteiger partial charge is 0.497 e. The fourth-order valence-electron chi connectivity index (χ4n) is 4.66. The van der Waals surface area contributed by atoms with Crippen LogP contribution in [0.3, 0.4) is 0 Å². The first-order valence-electron chi connectivity index (χ1n) is 12.8. The standard InChI is InChI=1S/C30H29FN4O4S/c1-38-16-15-32-25(36)18-34-26(37)19-40-29(21-9-6-10-22(31)17-21)27-28(20-7-4-3-5-8-20)33-35(30(27)34)23-11-13-24(39-2)14-12-23/h3-14,17,29H,15-16,18-19H2,1-2H3,(H,32,36)/t29-/m0/s1. The number of nitrogens with zero attached hydrogens (tertiary/aromatic N) is 3. The molecule has 4 aromatic rings. The molecule has 0 radical (unpaired) electrons. The van der Waals surface area contributed by atoms with Crippen molar-refractivity contribution in [3.8, 4) is 22.7 Å². The highest BCUT2D eigenvalue weighted by Gasteiger charge is 2.37. The van der Waals surface area contributed by atoms with Crippen molar-refractivity contribution < 1.29 is 23.5 Å². The average molecular weight is 561 g/mol. The van der Waals surface area contributed by atoms with Crippen molar-refractivity contribution in [2.75, 3.05) is 44.6 Å². The van der Waals surface area contributed by atoms with Gasteiger partial charge in [-0.25, -0.2) is 9.07 Å². The summed E-state index contributed by atoms with van der Waals surface area (Å²) < 4.78 is 26.5. The maximum atomic E-state index is 14.5. The summed E-state index contributed by atoms with van der Waals surface area (Å²) in [5.41, 5.74) is 3.60. The molecule has 2 amide bonds. The predicted octanol–water partition coefficient (Wildman–Crippen LogP) is 4.62. The molecule has 3 aromatic carbocycles. The van der Waals surface area contributed by atoms with Crippen molar-refractivity contribution in [1.29, 1.82) is 0 Å². The first-order chi connectivity index (χ1) is 19.5. The Morgan fingerprint density at radius 3 is 2.55 bits per heavy atom. The minimum atomic E-state index is -0.418. The van der Waals surface area contributed by atoms with E-state index in [1.807, 2.05) is 60.7 Å². The van der Waals surface area contributed by atoms with Gasteiger partial charge in [-0.2, -0.15) is 5.10 Å². The smallest absolute Gasteiger partial charge is 0.240 e. The van der Waals surface area contributed by atoms with Crippen LogP contribution < -0.4 is 15.0 Å². The molecule has 0 aliphatic carbocycles. The van der Waals surface area contributed by atoms with Gasteiger partial charge < -0.3 is 14.8 Å². The molecule has 40 heavy (non-hydrogen) atoms. The van der Waals surface area contributed by atoms with Gasteiger partial charge in [-0.1, -0.05) is 42.5 Å². The first kappa shape index (κ1) is 27.4. The third-order valence-electron chi connectivity index (χ3n) is 6.53. The van der Waals surface area contributed by atoms with Crippen molar-refractivity contribution in [2.24, 2.45) is 0 Å². The van der Waals surface area contributed by atoms with Crippen LogP contribution in [0.15, 0.2) is 78.9 Å². The number of fused-ring (bicyclic) bond motifs is 1. The second-order valence-electron chi connectivity index (χ2n) is 9.13. The number of methoxy groups -OCH3 is 2. The summed E-state index contributed by atoms with van der Waals surface area (Å²) in [5, 5.41) is 7.41. The second-order valence-corrected chi connectivity index (χ2v) is 10.2. The number of ether oxygens (including phenoxy) is 2. The lowest BCUT2D eigenvalue weighted by Crippen LogP contribution is -2.43. The van der Waals surface area contributed by atoms with E-state index < -0.39 is 5.25 Å². The van der Waals surface area contributed by atoms with E-state index in [0.717, 1.165) is 11.1 Å². The van der Waals surface area contributed by atoms with Crippen LogP contribution in [-0.4, -0.2) is 61.3 Å². The van der Waals surface area contributed by atoms with Crippen LogP contribution in [0.25, 0.3) is 16.9 Å². The van der Waals surface area contributed by atoms with Crippen LogP contribution in [0.4, 0.5) is 10.2 Å². The SMILES string of the molecule is COCCNC(=O)CN1C(=O)CS[C@@H](c2cccc(F)c2)c2c(-c3ccccc3)nn(-c3ccc(OC)cc3)c21. The maximum Gasteiger partial charge on any atom is 0.240 e. The number of rotatable bonds is 9. The highest BCUT2D eigenvalue weighted by Crippen LogP contribution is 2.48. The number of carbonyl (C=O) groups is 2. The fraction of sp³-hybridized carbons (Fsp3) is 0.233. The number of anilines is 1. The van der Waals surface area contributed by atoms with Gasteiger partial charge in [0, 0.05) is 24.8 Å². The van der Waals surface area contributed by atoms with Gasteiger partial charge in [0.2, 0.25) is 11.8 Å². The fourth-order valence-corrected chi connectivity index (χ4v) is 5.84. The summed E-state index contributed by atoms with van der Waals surface area (Å²) in [4.78, 5) is 28.2. The lowest BCUT2D eigenvalue weighted by atomic mass is 9.99. The number of nitrogens with one attached hydrogen (secondary N) is 1. The van der Waals surface area contributed by atoms with Gasteiger partial charge >= 0.3 is 0 Å². The van der Waals surface area contributed by atoms with Gasteiger partial charge in [-0.3, -0.25) is 14.5 Å². The summed E-state index contributed by atoms with van der Waals surface area (Å²) in [6, 6.07) is 23.3. The second kappa shape index (κ2) is 12.4. The molecule has 1 aromatic heterocycles. The van der Waals surface area contributed by atoms with E-state index in [9.17, 15) is 14.0 Å². The van der Waals surface area contributed by atoms with Gasteiger partial charge in [-0.05, 0) is 42.0 Å². The lowest BCUT2D eigenvalue weighted by molar-refractivity contribution is -0.123. The third-order valence-corrected chi connectivity index (χ3v) is 7.79. The van der Waals surface area contributed by atoms with Crippen LogP contribution in [-0.2, 0) is 14.3 Å². The molecule has 0 spiro atoms. The molecule has 1 N–H and O–H groups in total. The van der Waals surface area contributed by atoms with E-state index in [0.29, 0.717) is 41.7 Å². The van der Waals surface area contributed by atoms with E-state index in [2.05, 4.69) is 5.32 Å². The summed E-state index contributed by atoms with van der Waals surface area (Å²) in [6.45, 7) is 0.463. The number of halogens is 1. The van der Waals surface area contributed by atoms with Crippen LogP contribution in [0, 0.1) is 5.82 Å². The van der Waals surface area contributed by atoms with E-state index in [1.54, 1.807) is 25.0 Å². The Bertz CT molecular complexity index is 1490. The molecule has 2 heterocycles. The molecule has 0 saturated carbocycles. The third kappa shape index (κ3) is 5.73. The monoisotopic (exact) mass is 560 g/mol. The van der Waals surface area contributed by atoms with Gasteiger partial charge in [0.05, 0.1) is 36.1 Å². The predicted molar refractivity (Wildman–Crippen MR) is 153 cm³/mol. The maximum absolute atomic E-state index is 14.5. The molecular weight excluding hydrogens is 531 g/mol. The van der Waals surface area contributed by atoms with Crippen molar-refractivity contribution in [2.45, 2.75) is 5.25 Å². The van der Waals surface area contributed by atoms with Crippen LogP contribution in [0.1, 0.15) is 16.4 Å². The minimum Gasteiger partial charge on any atom is -0.497 e. The lowest BCUT2D eigenvalue weighted by Gasteiger charge is -2.23. The Morgan fingerprint density at radius 1 is 1.07 bits per heavy atom. The zero-order chi connectivity index (χ0) is 28.1. The molecule has 8 nitrogen and oxygen atoms in total. The molecule has 1 aliphatic rings. The number of carbonyl (C=O) groups excluding carboxylic acids is 2. The zero-order valence-electron chi connectivity index (χ0n) is 22.2. The number of amides is 2. The molecule has 0 fully saturated rings. The van der Waals surface area contributed by atoms with Gasteiger partial charge in [0.25, 0.3) is 0 Å². The molecule has 0 bridgehead atoms. The van der Waals surface area contributed by atoms with Gasteiger partial charge in [0.15, 0.2) is 0 Å². The molecular formula is C30H29FN4O4S. The summed E-state index contributed by atoms with van der Waals surface area (Å²) in [6.07, 6.45) is 0. The molecule has 0 saturated heterocycles. The molecule has 206 valence electrons. The van der Waals surface area contributed by atoms with Gasteiger partial charge in [0.1, 0.15) is 23.9 Å². The molecule has 10 heteroatoms. The van der Waals surface area contributed by atoms with Crippen LogP contribution in [0.2, 0.25) is 0 Å². The average Bonchev–Trinajstić information content (AvgIpc) is 3.30. The number of aromatic nitrogens is 2. The molecule has 0 unspecified atom stereocenters. The molecule has 5 rings (SSSR count). The van der Waals surface area contributed by atoms with E-state index in [4.69, 9.17) is 14.6 Å². The van der Waals surface area contributed by atoms with E-state index in [1.165, 1.54) is 28.8 Å². The van der Waals surface area contributed by atoms with E-state index in [-0.39, 0.29) is 29.9 Å². The Labute approximate surface area is 236 Å². The quantitative estimate of drug-likeness (QED) is 0.301. The zero-order valence-corrected chi connectivity index (χ0v) is 23.0. The highest BCUT2D eigenvalue weighted by atomic mass is 32.2. The summed E-state index contributed by atoms with van der Waals surface area (Å²) in [5.74, 6) is 0.293. The number of hydrogen-bond donors (Lipinski definition) is 1.